The Hall–Kier alpha value is -1.22. The summed E-state index contributed by atoms with van der Waals surface area (Å²) >= 11 is 5.76. The third kappa shape index (κ3) is 1.99. The van der Waals surface area contributed by atoms with Crippen molar-refractivity contribution in [3.8, 4) is 0 Å². The quantitative estimate of drug-likeness (QED) is 0.775. The summed E-state index contributed by atoms with van der Waals surface area (Å²) in [6.07, 6.45) is 0.310. The van der Waals surface area contributed by atoms with E-state index in [1.54, 1.807) is 12.1 Å². The molecule has 3 nitrogen and oxygen atoms in total. The Kier molecular flexibility index (Phi) is 2.59. The van der Waals surface area contributed by atoms with Gasteiger partial charge in [0, 0.05) is 18.0 Å². The maximum Gasteiger partial charge on any atom is 0.407 e. The molecule has 1 N–H and O–H groups in total. The second kappa shape index (κ2) is 3.88. The predicted molar refractivity (Wildman–Crippen MR) is 53.3 cm³/mol. The number of carbonyl (C=O) groups is 1. The largest absolute Gasteiger partial charge is 0.441 e. The van der Waals surface area contributed by atoms with Crippen molar-refractivity contribution in [1.82, 2.24) is 5.32 Å². The van der Waals surface area contributed by atoms with Gasteiger partial charge in [-0.05, 0) is 17.7 Å². The lowest BCUT2D eigenvalue weighted by Crippen LogP contribution is -2.33. The van der Waals surface area contributed by atoms with Gasteiger partial charge in [-0.25, -0.2) is 4.79 Å². The molecule has 0 radical (unpaired) electrons. The lowest BCUT2D eigenvalue weighted by Gasteiger charge is -2.23. The van der Waals surface area contributed by atoms with Gasteiger partial charge in [-0.15, -0.1) is 0 Å². The van der Waals surface area contributed by atoms with Gasteiger partial charge in [0.05, 0.1) is 0 Å². The average molecular weight is 212 g/mol. The number of hydrogen-bond donors (Lipinski definition) is 1. The van der Waals surface area contributed by atoms with Crippen LogP contribution in [0.4, 0.5) is 4.79 Å². The van der Waals surface area contributed by atoms with Crippen molar-refractivity contribution < 1.29 is 9.53 Å². The Morgan fingerprint density at radius 3 is 2.71 bits per heavy atom. The van der Waals surface area contributed by atoms with Crippen molar-refractivity contribution in [2.75, 3.05) is 6.54 Å². The summed E-state index contributed by atoms with van der Waals surface area (Å²) in [6.45, 7) is 0.659. The monoisotopic (exact) mass is 211 g/mol. The van der Waals surface area contributed by atoms with Crippen LogP contribution in [0.1, 0.15) is 18.1 Å². The highest BCUT2D eigenvalue weighted by molar-refractivity contribution is 6.30. The van der Waals surface area contributed by atoms with Crippen LogP contribution in [0.2, 0.25) is 5.02 Å². The molecule has 0 aliphatic carbocycles. The number of ether oxygens (including phenoxy) is 1. The van der Waals surface area contributed by atoms with Crippen LogP contribution in [0.3, 0.4) is 0 Å². The Balaban J connectivity index is 2.14. The van der Waals surface area contributed by atoms with Crippen LogP contribution in [-0.2, 0) is 4.74 Å². The topological polar surface area (TPSA) is 38.3 Å². The predicted octanol–water partition coefficient (Wildman–Crippen LogP) is 2.51. The van der Waals surface area contributed by atoms with Gasteiger partial charge in [0.1, 0.15) is 6.10 Å². The molecular formula is C10H10ClNO2. The summed E-state index contributed by atoms with van der Waals surface area (Å²) in [7, 11) is 0. The van der Waals surface area contributed by atoms with E-state index < -0.39 is 0 Å². The second-order valence-electron chi connectivity index (χ2n) is 3.16. The third-order valence-electron chi connectivity index (χ3n) is 2.17. The summed E-state index contributed by atoms with van der Waals surface area (Å²) in [5.41, 5.74) is 0.990. The standard InChI is InChI=1S/C10H10ClNO2/c11-8-3-1-7(2-4-8)9-5-6-12-10(13)14-9/h1-4,9H,5-6H2,(H,12,13). The first-order valence-corrected chi connectivity index (χ1v) is 4.83. The molecule has 1 saturated heterocycles. The van der Waals surface area contributed by atoms with Crippen molar-refractivity contribution in [3.63, 3.8) is 0 Å². The van der Waals surface area contributed by atoms with E-state index in [4.69, 9.17) is 16.3 Å². The van der Waals surface area contributed by atoms with E-state index in [0.717, 1.165) is 12.0 Å². The van der Waals surface area contributed by atoms with Crippen LogP contribution < -0.4 is 5.32 Å². The molecule has 0 spiro atoms. The number of benzene rings is 1. The first-order chi connectivity index (χ1) is 6.75. The number of rotatable bonds is 1. The molecule has 14 heavy (non-hydrogen) atoms. The number of cyclic esters (lactones) is 1. The molecule has 1 aliphatic heterocycles. The van der Waals surface area contributed by atoms with Gasteiger partial charge < -0.3 is 10.1 Å². The van der Waals surface area contributed by atoms with Crippen LogP contribution in [0.15, 0.2) is 24.3 Å². The molecule has 1 amide bonds. The van der Waals surface area contributed by atoms with E-state index >= 15 is 0 Å². The van der Waals surface area contributed by atoms with Gasteiger partial charge in [-0.1, -0.05) is 23.7 Å². The Morgan fingerprint density at radius 2 is 2.07 bits per heavy atom. The van der Waals surface area contributed by atoms with Gasteiger partial charge in [0.2, 0.25) is 0 Å². The molecule has 4 heteroatoms. The Bertz CT molecular complexity index is 336. The summed E-state index contributed by atoms with van der Waals surface area (Å²) in [5, 5.41) is 3.29. The maximum atomic E-state index is 11.0. The van der Waals surface area contributed by atoms with E-state index in [-0.39, 0.29) is 12.2 Å². The fourth-order valence-corrected chi connectivity index (χ4v) is 1.57. The molecular weight excluding hydrogens is 202 g/mol. The van der Waals surface area contributed by atoms with Crippen molar-refractivity contribution in [1.29, 1.82) is 0 Å². The molecule has 1 unspecified atom stereocenters. The van der Waals surface area contributed by atoms with Gasteiger partial charge in [-0.2, -0.15) is 0 Å². The van der Waals surface area contributed by atoms with Crippen LogP contribution in [0.25, 0.3) is 0 Å². The Labute approximate surface area is 87.0 Å². The SMILES string of the molecule is O=C1NCCC(c2ccc(Cl)cc2)O1. The minimum Gasteiger partial charge on any atom is -0.441 e. The van der Waals surface area contributed by atoms with Crippen molar-refractivity contribution in [2.45, 2.75) is 12.5 Å². The van der Waals surface area contributed by atoms with Gasteiger partial charge in [0.15, 0.2) is 0 Å². The highest BCUT2D eigenvalue weighted by atomic mass is 35.5. The van der Waals surface area contributed by atoms with Gasteiger partial charge in [0.25, 0.3) is 0 Å². The molecule has 1 aromatic carbocycles. The summed E-state index contributed by atoms with van der Waals surface area (Å²) in [5.74, 6) is 0. The smallest absolute Gasteiger partial charge is 0.407 e. The van der Waals surface area contributed by atoms with Gasteiger partial charge >= 0.3 is 6.09 Å². The molecule has 74 valence electrons. The van der Waals surface area contributed by atoms with E-state index in [0.29, 0.717) is 11.6 Å². The number of carbonyl (C=O) groups excluding carboxylic acids is 1. The molecule has 1 heterocycles. The molecule has 1 aliphatic rings. The third-order valence-corrected chi connectivity index (χ3v) is 2.42. The zero-order chi connectivity index (χ0) is 9.97. The fourth-order valence-electron chi connectivity index (χ4n) is 1.45. The molecule has 1 aromatic rings. The van der Waals surface area contributed by atoms with Gasteiger partial charge in [-0.3, -0.25) is 0 Å². The summed E-state index contributed by atoms with van der Waals surface area (Å²) < 4.78 is 5.12. The number of amides is 1. The van der Waals surface area contributed by atoms with Crippen LogP contribution in [0, 0.1) is 0 Å². The minimum absolute atomic E-state index is 0.138. The molecule has 0 bridgehead atoms. The molecule has 0 aromatic heterocycles. The second-order valence-corrected chi connectivity index (χ2v) is 3.60. The van der Waals surface area contributed by atoms with Crippen LogP contribution >= 0.6 is 11.6 Å². The molecule has 1 atom stereocenters. The lowest BCUT2D eigenvalue weighted by molar-refractivity contribution is 0.0739. The highest BCUT2D eigenvalue weighted by Gasteiger charge is 2.20. The zero-order valence-electron chi connectivity index (χ0n) is 7.50. The first-order valence-electron chi connectivity index (χ1n) is 4.45. The first kappa shape index (κ1) is 9.34. The average Bonchev–Trinajstić information content (AvgIpc) is 2.19. The molecule has 0 saturated carbocycles. The number of hydrogen-bond acceptors (Lipinski definition) is 2. The normalized spacial score (nSPS) is 21.2. The van der Waals surface area contributed by atoms with Crippen LogP contribution in [0.5, 0.6) is 0 Å². The van der Waals surface area contributed by atoms with Crippen LogP contribution in [-0.4, -0.2) is 12.6 Å². The Morgan fingerprint density at radius 1 is 1.36 bits per heavy atom. The van der Waals surface area contributed by atoms with Crippen molar-refractivity contribution >= 4 is 17.7 Å². The van der Waals surface area contributed by atoms with Crippen molar-refractivity contribution in [2.24, 2.45) is 0 Å². The van der Waals surface area contributed by atoms with E-state index in [9.17, 15) is 4.79 Å². The minimum atomic E-state index is -0.351. The molecule has 2 rings (SSSR count). The summed E-state index contributed by atoms with van der Waals surface area (Å²) in [6, 6.07) is 7.36. The number of alkyl carbamates (subject to hydrolysis) is 1. The zero-order valence-corrected chi connectivity index (χ0v) is 8.25. The summed E-state index contributed by atoms with van der Waals surface area (Å²) in [4.78, 5) is 11.0. The molecule has 1 fully saturated rings. The van der Waals surface area contributed by atoms with E-state index in [1.165, 1.54) is 0 Å². The van der Waals surface area contributed by atoms with E-state index in [2.05, 4.69) is 5.32 Å². The lowest BCUT2D eigenvalue weighted by atomic mass is 10.1. The maximum absolute atomic E-state index is 11.0. The van der Waals surface area contributed by atoms with E-state index in [1.807, 2.05) is 12.1 Å². The fraction of sp³-hybridized carbons (Fsp3) is 0.300. The number of nitrogens with one attached hydrogen (secondary N) is 1. The highest BCUT2D eigenvalue weighted by Crippen LogP contribution is 2.24. The number of halogens is 1. The van der Waals surface area contributed by atoms with Crippen molar-refractivity contribution in [3.05, 3.63) is 34.9 Å².